The second kappa shape index (κ2) is 9.50. The molecule has 0 amide bonds. The highest BCUT2D eigenvalue weighted by Gasteiger charge is 2.69. The highest BCUT2D eigenvalue weighted by Crippen LogP contribution is 2.69. The van der Waals surface area contributed by atoms with E-state index in [0.29, 0.717) is 35.7 Å². The Morgan fingerprint density at radius 2 is 2.10 bits per heavy atom. The van der Waals surface area contributed by atoms with Gasteiger partial charge in [-0.15, -0.1) is 0 Å². The largest absolute Gasteiger partial charge is 0.430 e. The molecule has 0 saturated heterocycles. The number of carbonyl (C=O) groups is 1. The van der Waals surface area contributed by atoms with Crippen molar-refractivity contribution in [3.63, 3.8) is 0 Å². The number of thioether (sulfide) groups is 1. The molecule has 0 radical (unpaired) electrons. The third kappa shape index (κ3) is 3.88. The summed E-state index contributed by atoms with van der Waals surface area (Å²) in [6.07, 6.45) is 10.6. The zero-order chi connectivity index (χ0) is 29.7. The van der Waals surface area contributed by atoms with Crippen molar-refractivity contribution in [3.05, 3.63) is 41.4 Å². The lowest BCUT2D eigenvalue weighted by Crippen LogP contribution is -2.63. The van der Waals surface area contributed by atoms with Crippen LogP contribution >= 0.6 is 11.8 Å². The van der Waals surface area contributed by atoms with Crippen molar-refractivity contribution < 1.29 is 19.4 Å². The first-order chi connectivity index (χ1) is 19.9. The van der Waals surface area contributed by atoms with E-state index in [0.717, 1.165) is 25.7 Å². The van der Waals surface area contributed by atoms with Crippen LogP contribution < -0.4 is 0 Å². The van der Waals surface area contributed by atoms with Crippen LogP contribution in [0, 0.1) is 28.6 Å². The molecule has 7 rings (SSSR count). The van der Waals surface area contributed by atoms with E-state index in [1.807, 2.05) is 6.20 Å². The van der Waals surface area contributed by atoms with Crippen molar-refractivity contribution in [1.29, 1.82) is 0 Å². The summed E-state index contributed by atoms with van der Waals surface area (Å²) in [6.45, 7) is 11.0. The molecule has 3 saturated carbocycles. The molecule has 4 aliphatic rings. The number of carbonyl (C=O) groups excluding carboxylic acids is 1. The Labute approximate surface area is 251 Å². The van der Waals surface area contributed by atoms with Gasteiger partial charge in [-0.1, -0.05) is 31.2 Å². The zero-order valence-electron chi connectivity index (χ0n) is 25.3. The van der Waals surface area contributed by atoms with Crippen LogP contribution in [0.15, 0.2) is 39.7 Å². The van der Waals surface area contributed by atoms with Crippen LogP contribution in [-0.2, 0) is 16.8 Å². The molecule has 8 nitrogen and oxygen atoms in total. The molecular weight excluding hydrogens is 548 g/mol. The van der Waals surface area contributed by atoms with Crippen LogP contribution in [0.3, 0.4) is 0 Å². The summed E-state index contributed by atoms with van der Waals surface area (Å²) in [5, 5.41) is 29.5. The number of aromatic nitrogens is 4. The predicted molar refractivity (Wildman–Crippen MR) is 162 cm³/mol. The number of oxazole rings is 1. The molecule has 7 atom stereocenters. The Kier molecular flexibility index (Phi) is 6.40. The number of aliphatic hydroxyl groups excluding tert-OH is 1. The minimum absolute atomic E-state index is 0.0765. The summed E-state index contributed by atoms with van der Waals surface area (Å²) in [5.41, 5.74) is 2.59. The summed E-state index contributed by atoms with van der Waals surface area (Å²) >= 11 is 1.22. The van der Waals surface area contributed by atoms with Crippen molar-refractivity contribution in [1.82, 2.24) is 19.7 Å². The number of allylic oxidation sites excluding steroid dienone is 1. The zero-order valence-corrected chi connectivity index (χ0v) is 26.1. The second-order valence-corrected chi connectivity index (χ2v) is 15.4. The van der Waals surface area contributed by atoms with Gasteiger partial charge in [0.2, 0.25) is 0 Å². The van der Waals surface area contributed by atoms with E-state index in [1.165, 1.54) is 28.6 Å². The van der Waals surface area contributed by atoms with Crippen LogP contribution in [-0.4, -0.2) is 53.2 Å². The van der Waals surface area contributed by atoms with Gasteiger partial charge in [-0.25, -0.2) is 4.98 Å². The second-order valence-electron chi connectivity index (χ2n) is 14.4. The van der Waals surface area contributed by atoms with Gasteiger partial charge in [0, 0.05) is 11.6 Å². The molecule has 0 aromatic carbocycles. The lowest BCUT2D eigenvalue weighted by atomic mass is 9.44. The van der Waals surface area contributed by atoms with E-state index in [1.54, 1.807) is 18.3 Å². The molecule has 3 fully saturated rings. The monoisotopic (exact) mass is 590 g/mol. The summed E-state index contributed by atoms with van der Waals surface area (Å²) in [5.74, 6) is 0.436. The Balaban J connectivity index is 1.16. The van der Waals surface area contributed by atoms with Crippen LogP contribution in [0.2, 0.25) is 0 Å². The summed E-state index contributed by atoms with van der Waals surface area (Å²) in [6, 6.07) is 3.59. The number of Topliss-reactive ketones (excluding diaryl/α,β-unsaturated/α-hetero) is 1. The van der Waals surface area contributed by atoms with E-state index in [4.69, 9.17) is 9.52 Å². The molecule has 4 aliphatic carbocycles. The van der Waals surface area contributed by atoms with Crippen molar-refractivity contribution in [2.45, 2.75) is 102 Å². The van der Waals surface area contributed by atoms with E-state index >= 15 is 0 Å². The van der Waals surface area contributed by atoms with Crippen molar-refractivity contribution >= 4 is 34.9 Å². The van der Waals surface area contributed by atoms with Crippen molar-refractivity contribution in [3.8, 4) is 0 Å². The van der Waals surface area contributed by atoms with Gasteiger partial charge in [-0.3, -0.25) is 9.48 Å². The lowest BCUT2D eigenvalue weighted by molar-refractivity contribution is -0.184. The standard InChI is InChI=1S/C33H42N4O4S/c1-6-32-16-24(38)27-21(10-9-20-14-23-19(15-31(20,27)5)17-35-37(23)30(2,3)4)22(32)11-12-33(32,40)26(39)18-42-29-36-28-25(41-29)8-7-13-34-28/h7-8,13-14,17,21-22,24,27,38,40H,6,9-12,15-16,18H2,1-5H3. The molecule has 224 valence electrons. The van der Waals surface area contributed by atoms with Gasteiger partial charge < -0.3 is 14.6 Å². The van der Waals surface area contributed by atoms with Gasteiger partial charge in [0.1, 0.15) is 5.60 Å². The maximum atomic E-state index is 13.9. The minimum Gasteiger partial charge on any atom is -0.430 e. The van der Waals surface area contributed by atoms with Gasteiger partial charge in [0.05, 0.1) is 29.3 Å². The number of rotatable bonds is 5. The summed E-state index contributed by atoms with van der Waals surface area (Å²) in [4.78, 5) is 22.5. The fraction of sp³-hybridized carbons (Fsp3) is 0.636. The Hall–Kier alpha value is -2.49. The van der Waals surface area contributed by atoms with Gasteiger partial charge in [-0.2, -0.15) is 10.1 Å². The topological polar surface area (TPSA) is 114 Å². The average Bonchev–Trinajstić information content (AvgIpc) is 3.63. The van der Waals surface area contributed by atoms with Crippen molar-refractivity contribution in [2.24, 2.45) is 28.6 Å². The van der Waals surface area contributed by atoms with Gasteiger partial charge in [0.25, 0.3) is 5.22 Å². The Bertz CT molecular complexity index is 1550. The number of hydrogen-bond donors (Lipinski definition) is 2. The molecule has 42 heavy (non-hydrogen) atoms. The predicted octanol–water partition coefficient (Wildman–Crippen LogP) is 5.81. The van der Waals surface area contributed by atoms with Gasteiger partial charge >= 0.3 is 0 Å². The number of fused-ring (bicyclic) bond motifs is 7. The molecule has 0 spiro atoms. The lowest BCUT2D eigenvalue weighted by Gasteiger charge is -2.61. The number of nitrogens with zero attached hydrogens (tertiary/aromatic N) is 4. The molecule has 3 heterocycles. The fourth-order valence-electron chi connectivity index (χ4n) is 9.69. The molecule has 3 aromatic heterocycles. The SMILES string of the molecule is CCC12CC(O)C3C(CCC4=Cc5c(cnn5C(C)(C)C)CC43C)C1CCC2(O)C(=O)CSc1nc2ncccc2o1. The van der Waals surface area contributed by atoms with Crippen LogP contribution in [0.1, 0.15) is 84.4 Å². The van der Waals surface area contributed by atoms with Crippen LogP contribution in [0.5, 0.6) is 0 Å². The molecule has 0 bridgehead atoms. The molecule has 9 heteroatoms. The number of ketones is 1. The first-order valence-corrected chi connectivity index (χ1v) is 16.5. The smallest absolute Gasteiger partial charge is 0.258 e. The molecule has 2 N–H and O–H groups in total. The highest BCUT2D eigenvalue weighted by molar-refractivity contribution is 7.99. The Morgan fingerprint density at radius 1 is 1.29 bits per heavy atom. The van der Waals surface area contributed by atoms with Crippen LogP contribution in [0.25, 0.3) is 17.3 Å². The number of aliphatic hydroxyl groups is 2. The number of hydrogen-bond acceptors (Lipinski definition) is 8. The molecule has 3 aromatic rings. The highest BCUT2D eigenvalue weighted by atomic mass is 32.2. The summed E-state index contributed by atoms with van der Waals surface area (Å²) < 4.78 is 7.91. The quantitative estimate of drug-likeness (QED) is 0.358. The average molecular weight is 591 g/mol. The third-order valence-corrected chi connectivity index (χ3v) is 12.3. The Morgan fingerprint density at radius 3 is 2.83 bits per heavy atom. The maximum absolute atomic E-state index is 13.9. The van der Waals surface area contributed by atoms with Gasteiger partial charge in [0.15, 0.2) is 17.0 Å². The minimum atomic E-state index is -1.47. The normalized spacial score (nSPS) is 35.7. The van der Waals surface area contributed by atoms with E-state index in [9.17, 15) is 15.0 Å². The van der Waals surface area contributed by atoms with E-state index in [2.05, 4.69) is 55.3 Å². The maximum Gasteiger partial charge on any atom is 0.258 e. The first kappa shape index (κ1) is 28.3. The molecular formula is C33H42N4O4S. The fourth-order valence-corrected chi connectivity index (χ4v) is 10.5. The van der Waals surface area contributed by atoms with Crippen molar-refractivity contribution in [2.75, 3.05) is 5.75 Å². The van der Waals surface area contributed by atoms with Gasteiger partial charge in [-0.05, 0) is 113 Å². The van der Waals surface area contributed by atoms with E-state index in [-0.39, 0.29) is 40.2 Å². The van der Waals surface area contributed by atoms with Crippen LogP contribution in [0.4, 0.5) is 0 Å². The molecule has 0 aliphatic heterocycles. The van der Waals surface area contributed by atoms with E-state index < -0.39 is 17.1 Å². The number of pyridine rings is 1. The third-order valence-electron chi connectivity index (χ3n) is 11.5. The first-order valence-electron chi connectivity index (χ1n) is 15.5. The summed E-state index contributed by atoms with van der Waals surface area (Å²) in [7, 11) is 0. The molecule has 7 unspecified atom stereocenters.